The fraction of sp³-hybridized carbons (Fsp3) is 0.0588. The molecule has 0 spiro atoms. The summed E-state index contributed by atoms with van der Waals surface area (Å²) in [5.41, 5.74) is 1.14. The van der Waals surface area contributed by atoms with Gasteiger partial charge in [-0.25, -0.2) is 0 Å². The predicted octanol–water partition coefficient (Wildman–Crippen LogP) is 2.55. The number of hydrogen-bond acceptors (Lipinski definition) is 1. The van der Waals surface area contributed by atoms with Gasteiger partial charge in [0.2, 0.25) is 0 Å². The lowest BCUT2D eigenvalue weighted by atomic mass is 10.2. The van der Waals surface area contributed by atoms with Crippen LogP contribution in [0, 0.1) is 0 Å². The minimum Gasteiger partial charge on any atom is -0.382 e. The first-order chi connectivity index (χ1) is 8.90. The summed E-state index contributed by atoms with van der Waals surface area (Å²) < 4.78 is 0. The number of allylic oxidation sites excluding steroid dienone is 1. The lowest BCUT2D eigenvalue weighted by Crippen LogP contribution is -2.24. The summed E-state index contributed by atoms with van der Waals surface area (Å²) in [7, 11) is 0. The van der Waals surface area contributed by atoms with Gasteiger partial charge in [-0.3, -0.25) is 0 Å². The highest BCUT2D eigenvalue weighted by molar-refractivity contribution is 5.46. The summed E-state index contributed by atoms with van der Waals surface area (Å²) in [4.78, 5) is 0. The van der Waals surface area contributed by atoms with Crippen molar-refractivity contribution in [3.05, 3.63) is 77.7 Å². The lowest BCUT2D eigenvalue weighted by Gasteiger charge is -2.01. The molecule has 1 heteroatoms. The predicted molar refractivity (Wildman–Crippen MR) is 79.8 cm³/mol. The molecule has 0 aliphatic heterocycles. The largest absolute Gasteiger partial charge is 0.382 e. The fourth-order valence-corrected chi connectivity index (χ4v) is 1.81. The molecule has 0 radical (unpaired) electrons. The van der Waals surface area contributed by atoms with Gasteiger partial charge in [-0.1, -0.05) is 67.3 Å². The van der Waals surface area contributed by atoms with E-state index in [1.807, 2.05) is 36.4 Å². The molecule has 90 valence electrons. The minimum absolute atomic E-state index is 0.812. The maximum Gasteiger partial charge on any atom is 0.0342 e. The van der Waals surface area contributed by atoms with Crippen molar-refractivity contribution in [2.45, 2.75) is 0 Å². The topological polar surface area (TPSA) is 12.0 Å². The van der Waals surface area contributed by atoms with Gasteiger partial charge < -0.3 is 5.32 Å². The molecule has 2 rings (SSSR count). The summed E-state index contributed by atoms with van der Waals surface area (Å²) in [6.45, 7) is 4.55. The third-order valence-corrected chi connectivity index (χ3v) is 2.70. The van der Waals surface area contributed by atoms with Gasteiger partial charge in [-0.15, -0.1) is 0 Å². The van der Waals surface area contributed by atoms with Crippen LogP contribution in [-0.2, 0) is 0 Å². The zero-order valence-corrected chi connectivity index (χ0v) is 10.3. The Kier molecular flexibility index (Phi) is 4.37. The Labute approximate surface area is 108 Å². The standard InChI is InChI=1S/C17H17N/c1-2-8-15-9-6-7-10-16(15)13-14-18-17-11-4-3-5-12-17/h2-13,18H,1,14H2/b15-8-,16-13-. The first kappa shape index (κ1) is 12.2. The third kappa shape index (κ3) is 3.36. The molecule has 0 saturated heterocycles. The molecular weight excluding hydrogens is 218 g/mol. The molecule has 0 aliphatic rings. The highest BCUT2D eigenvalue weighted by Gasteiger charge is 1.87. The number of benzene rings is 2. The molecule has 2 aromatic rings. The summed E-state index contributed by atoms with van der Waals surface area (Å²) in [6.07, 6.45) is 6.02. The molecule has 18 heavy (non-hydrogen) atoms. The van der Waals surface area contributed by atoms with Gasteiger partial charge in [0.25, 0.3) is 0 Å². The molecular formula is C17H17N. The van der Waals surface area contributed by atoms with Crippen LogP contribution in [0.15, 0.2) is 67.3 Å². The Hall–Kier alpha value is -2.28. The maximum absolute atomic E-state index is 3.74. The van der Waals surface area contributed by atoms with Crippen molar-refractivity contribution in [2.24, 2.45) is 0 Å². The van der Waals surface area contributed by atoms with Crippen LogP contribution in [-0.4, -0.2) is 6.54 Å². The van der Waals surface area contributed by atoms with Crippen LogP contribution < -0.4 is 15.8 Å². The van der Waals surface area contributed by atoms with Gasteiger partial charge >= 0.3 is 0 Å². The Morgan fingerprint density at radius 2 is 1.56 bits per heavy atom. The van der Waals surface area contributed by atoms with E-state index in [-0.39, 0.29) is 0 Å². The van der Waals surface area contributed by atoms with Gasteiger partial charge in [0, 0.05) is 12.2 Å². The van der Waals surface area contributed by atoms with Crippen molar-refractivity contribution in [3.63, 3.8) is 0 Å². The second-order valence-corrected chi connectivity index (χ2v) is 3.98. The minimum atomic E-state index is 0.812. The maximum atomic E-state index is 3.74. The molecule has 0 amide bonds. The first-order valence-electron chi connectivity index (χ1n) is 6.07. The van der Waals surface area contributed by atoms with E-state index in [2.05, 4.69) is 48.3 Å². The summed E-state index contributed by atoms with van der Waals surface area (Å²) in [5, 5.41) is 5.79. The number of hydrogen-bond donors (Lipinski definition) is 1. The molecule has 1 nitrogen and oxygen atoms in total. The molecule has 0 unspecified atom stereocenters. The van der Waals surface area contributed by atoms with Crippen LogP contribution in [0.5, 0.6) is 0 Å². The number of anilines is 1. The lowest BCUT2D eigenvalue weighted by molar-refractivity contribution is 1.37. The van der Waals surface area contributed by atoms with E-state index >= 15 is 0 Å². The van der Waals surface area contributed by atoms with E-state index in [4.69, 9.17) is 0 Å². The number of nitrogens with one attached hydrogen (secondary N) is 1. The van der Waals surface area contributed by atoms with Gasteiger partial charge in [0.1, 0.15) is 0 Å². The van der Waals surface area contributed by atoms with Crippen LogP contribution in [0.1, 0.15) is 0 Å². The second kappa shape index (κ2) is 6.45. The third-order valence-electron chi connectivity index (χ3n) is 2.70. The normalized spacial score (nSPS) is 12.4. The molecule has 0 fully saturated rings. The molecule has 0 heterocycles. The SMILES string of the molecule is C=C/C=c1/cccc/c1=C/CNc1ccccc1. The summed E-state index contributed by atoms with van der Waals surface area (Å²) in [5.74, 6) is 0. The molecule has 0 aromatic heterocycles. The second-order valence-electron chi connectivity index (χ2n) is 3.98. The molecule has 0 bridgehead atoms. The van der Waals surface area contributed by atoms with E-state index in [0.717, 1.165) is 12.2 Å². The number of rotatable bonds is 4. The van der Waals surface area contributed by atoms with Crippen molar-refractivity contribution >= 4 is 17.8 Å². The van der Waals surface area contributed by atoms with Gasteiger partial charge in [0.05, 0.1) is 0 Å². The van der Waals surface area contributed by atoms with E-state index in [1.54, 1.807) is 0 Å². The molecule has 0 aliphatic carbocycles. The van der Waals surface area contributed by atoms with Crippen LogP contribution in [0.25, 0.3) is 12.2 Å². The quantitative estimate of drug-likeness (QED) is 0.858. The molecule has 0 atom stereocenters. The average molecular weight is 235 g/mol. The van der Waals surface area contributed by atoms with Crippen molar-refractivity contribution < 1.29 is 0 Å². The van der Waals surface area contributed by atoms with E-state index in [1.165, 1.54) is 10.4 Å². The highest BCUT2D eigenvalue weighted by atomic mass is 14.8. The zero-order chi connectivity index (χ0) is 12.6. The molecule has 1 N–H and O–H groups in total. The van der Waals surface area contributed by atoms with Crippen molar-refractivity contribution in [2.75, 3.05) is 11.9 Å². The Balaban J connectivity index is 2.15. The van der Waals surface area contributed by atoms with Crippen molar-refractivity contribution in [1.29, 1.82) is 0 Å². The molecule has 2 aromatic carbocycles. The fourth-order valence-electron chi connectivity index (χ4n) is 1.81. The zero-order valence-electron chi connectivity index (χ0n) is 10.3. The van der Waals surface area contributed by atoms with Crippen molar-refractivity contribution in [1.82, 2.24) is 0 Å². The summed E-state index contributed by atoms with van der Waals surface area (Å²) >= 11 is 0. The van der Waals surface area contributed by atoms with E-state index in [0.29, 0.717) is 0 Å². The van der Waals surface area contributed by atoms with Gasteiger partial charge in [0.15, 0.2) is 0 Å². The Morgan fingerprint density at radius 1 is 0.889 bits per heavy atom. The first-order valence-corrected chi connectivity index (χ1v) is 6.07. The number of para-hydroxylation sites is 1. The van der Waals surface area contributed by atoms with Crippen LogP contribution >= 0.6 is 0 Å². The Bertz CT molecular complexity index is 612. The Morgan fingerprint density at radius 3 is 2.28 bits per heavy atom. The molecule has 0 saturated carbocycles. The van der Waals surface area contributed by atoms with Crippen LogP contribution in [0.3, 0.4) is 0 Å². The highest BCUT2D eigenvalue weighted by Crippen LogP contribution is 2.03. The van der Waals surface area contributed by atoms with Gasteiger partial charge in [-0.05, 0) is 22.6 Å². The van der Waals surface area contributed by atoms with Crippen molar-refractivity contribution in [3.8, 4) is 0 Å². The van der Waals surface area contributed by atoms with Crippen LogP contribution in [0.4, 0.5) is 5.69 Å². The average Bonchev–Trinajstić information content (AvgIpc) is 2.42. The monoisotopic (exact) mass is 235 g/mol. The van der Waals surface area contributed by atoms with E-state index < -0.39 is 0 Å². The smallest absolute Gasteiger partial charge is 0.0342 e. The summed E-state index contributed by atoms with van der Waals surface area (Å²) in [6, 6.07) is 18.5. The van der Waals surface area contributed by atoms with Gasteiger partial charge in [-0.2, -0.15) is 0 Å². The van der Waals surface area contributed by atoms with Crippen LogP contribution in [0.2, 0.25) is 0 Å². The van der Waals surface area contributed by atoms with E-state index in [9.17, 15) is 0 Å².